The van der Waals surface area contributed by atoms with Crippen molar-refractivity contribution in [2.75, 3.05) is 18.1 Å². The van der Waals surface area contributed by atoms with Crippen LogP contribution in [0.1, 0.15) is 27.2 Å². The predicted octanol–water partition coefficient (Wildman–Crippen LogP) is 3.98. The van der Waals surface area contributed by atoms with Crippen molar-refractivity contribution in [3.05, 3.63) is 23.2 Å². The van der Waals surface area contributed by atoms with Crippen molar-refractivity contribution in [2.45, 2.75) is 38.2 Å². The summed E-state index contributed by atoms with van der Waals surface area (Å²) in [6, 6.07) is 5.15. The first-order valence-electron chi connectivity index (χ1n) is 6.80. The van der Waals surface area contributed by atoms with Gasteiger partial charge >= 0.3 is 6.03 Å². The molecule has 0 saturated carbocycles. The van der Waals surface area contributed by atoms with Crippen molar-refractivity contribution in [3.63, 3.8) is 0 Å². The number of hydrogen-bond donors (Lipinski definition) is 3. The summed E-state index contributed by atoms with van der Waals surface area (Å²) in [6.07, 6.45) is 2.19. The molecule has 4 nitrogen and oxygen atoms in total. The summed E-state index contributed by atoms with van der Waals surface area (Å²) in [7, 11) is 0. The minimum Gasteiger partial charge on any atom is -0.393 e. The molecule has 0 aliphatic rings. The number of aliphatic hydroxyl groups is 1. The summed E-state index contributed by atoms with van der Waals surface area (Å²) in [5.74, 6) is 0. The van der Waals surface area contributed by atoms with E-state index in [4.69, 9.17) is 11.6 Å². The van der Waals surface area contributed by atoms with Crippen molar-refractivity contribution in [2.24, 2.45) is 5.41 Å². The first kappa shape index (κ1) is 18.1. The van der Waals surface area contributed by atoms with E-state index in [1.165, 1.54) is 0 Å². The lowest BCUT2D eigenvalue weighted by molar-refractivity contribution is 0.129. The largest absolute Gasteiger partial charge is 0.393 e. The molecular formula is C15H23ClN2O2S. The Morgan fingerprint density at radius 3 is 2.67 bits per heavy atom. The van der Waals surface area contributed by atoms with Crippen LogP contribution >= 0.6 is 23.4 Å². The number of nitrogens with one attached hydrogen (secondary N) is 2. The van der Waals surface area contributed by atoms with Gasteiger partial charge in [0.1, 0.15) is 0 Å². The van der Waals surface area contributed by atoms with Gasteiger partial charge in [0.25, 0.3) is 0 Å². The SMILES string of the molecule is CSc1ccc(NC(=O)NCC(C)(C)CC(C)O)cc1Cl. The van der Waals surface area contributed by atoms with Crippen molar-refractivity contribution >= 4 is 35.1 Å². The first-order valence-corrected chi connectivity index (χ1v) is 8.40. The Hall–Kier alpha value is -0.910. The zero-order valence-electron chi connectivity index (χ0n) is 12.9. The Kier molecular flexibility index (Phi) is 6.84. The van der Waals surface area contributed by atoms with Crippen LogP contribution in [-0.4, -0.2) is 30.0 Å². The number of halogens is 1. The number of amides is 2. The van der Waals surface area contributed by atoms with E-state index in [0.29, 0.717) is 23.7 Å². The number of hydrogen-bond acceptors (Lipinski definition) is 3. The van der Waals surface area contributed by atoms with Crippen LogP contribution < -0.4 is 10.6 Å². The second-order valence-electron chi connectivity index (χ2n) is 5.87. The molecule has 0 bridgehead atoms. The van der Waals surface area contributed by atoms with E-state index in [1.807, 2.05) is 32.2 Å². The topological polar surface area (TPSA) is 61.4 Å². The molecule has 1 aromatic rings. The molecule has 0 saturated heterocycles. The maximum atomic E-state index is 11.9. The highest BCUT2D eigenvalue weighted by Gasteiger charge is 2.21. The average molecular weight is 331 g/mol. The van der Waals surface area contributed by atoms with Gasteiger partial charge in [0.15, 0.2) is 0 Å². The number of carbonyl (C=O) groups is 1. The quantitative estimate of drug-likeness (QED) is 0.691. The van der Waals surface area contributed by atoms with Crippen molar-refractivity contribution in [3.8, 4) is 0 Å². The third kappa shape index (κ3) is 6.59. The van der Waals surface area contributed by atoms with Gasteiger partial charge in [-0.2, -0.15) is 0 Å². The maximum absolute atomic E-state index is 11.9. The fourth-order valence-corrected chi connectivity index (χ4v) is 2.98. The summed E-state index contributed by atoms with van der Waals surface area (Å²) >= 11 is 7.66. The van der Waals surface area contributed by atoms with Crippen LogP contribution in [-0.2, 0) is 0 Å². The second-order valence-corrected chi connectivity index (χ2v) is 7.13. The Morgan fingerprint density at radius 1 is 1.48 bits per heavy atom. The Balaban J connectivity index is 2.52. The normalized spacial score (nSPS) is 12.9. The molecule has 118 valence electrons. The Bertz CT molecular complexity index is 493. The van der Waals surface area contributed by atoms with Gasteiger partial charge < -0.3 is 15.7 Å². The number of benzene rings is 1. The first-order chi connectivity index (χ1) is 9.73. The van der Waals surface area contributed by atoms with Gasteiger partial charge in [0.2, 0.25) is 0 Å². The monoisotopic (exact) mass is 330 g/mol. The van der Waals surface area contributed by atoms with E-state index in [-0.39, 0.29) is 17.6 Å². The number of aliphatic hydroxyl groups excluding tert-OH is 1. The van der Waals surface area contributed by atoms with E-state index >= 15 is 0 Å². The van der Waals surface area contributed by atoms with E-state index in [0.717, 1.165) is 4.90 Å². The zero-order valence-corrected chi connectivity index (χ0v) is 14.4. The molecule has 0 fully saturated rings. The van der Waals surface area contributed by atoms with Crippen LogP contribution in [0.25, 0.3) is 0 Å². The molecule has 0 spiro atoms. The molecule has 2 amide bonds. The smallest absolute Gasteiger partial charge is 0.319 e. The standard InChI is InChI=1S/C15H23ClN2O2S/c1-10(19)8-15(2,3)9-17-14(20)18-11-5-6-13(21-4)12(16)7-11/h5-7,10,19H,8-9H2,1-4H3,(H2,17,18,20). The lowest BCUT2D eigenvalue weighted by Crippen LogP contribution is -2.38. The number of carbonyl (C=O) groups excluding carboxylic acids is 1. The van der Waals surface area contributed by atoms with E-state index in [2.05, 4.69) is 10.6 Å². The molecule has 0 radical (unpaired) electrons. The van der Waals surface area contributed by atoms with Gasteiger partial charge in [-0.1, -0.05) is 25.4 Å². The minimum atomic E-state index is -0.386. The average Bonchev–Trinajstić information content (AvgIpc) is 2.35. The van der Waals surface area contributed by atoms with Gasteiger partial charge in [-0.25, -0.2) is 4.79 Å². The third-order valence-electron chi connectivity index (χ3n) is 2.99. The molecule has 0 aliphatic carbocycles. The lowest BCUT2D eigenvalue weighted by atomic mass is 9.87. The number of anilines is 1. The molecule has 1 aromatic carbocycles. The molecule has 0 heterocycles. The predicted molar refractivity (Wildman–Crippen MR) is 90.3 cm³/mol. The van der Waals surface area contributed by atoms with Crippen LogP contribution in [0.15, 0.2) is 23.1 Å². The molecule has 1 unspecified atom stereocenters. The highest BCUT2D eigenvalue weighted by Crippen LogP contribution is 2.28. The molecule has 1 rings (SSSR count). The van der Waals surface area contributed by atoms with E-state index in [9.17, 15) is 9.90 Å². The Labute approximate surface area is 135 Å². The Morgan fingerprint density at radius 2 is 2.14 bits per heavy atom. The zero-order chi connectivity index (χ0) is 16.0. The van der Waals surface area contributed by atoms with Gasteiger partial charge in [0, 0.05) is 17.1 Å². The maximum Gasteiger partial charge on any atom is 0.319 e. The summed E-state index contributed by atoms with van der Waals surface area (Å²) in [6.45, 7) is 6.24. The fourth-order valence-electron chi connectivity index (χ4n) is 2.11. The van der Waals surface area contributed by atoms with Crippen LogP contribution in [0.4, 0.5) is 10.5 Å². The minimum absolute atomic E-state index is 0.161. The highest BCUT2D eigenvalue weighted by atomic mass is 35.5. The van der Waals surface area contributed by atoms with Crippen LogP contribution in [0.2, 0.25) is 5.02 Å². The molecule has 1 atom stereocenters. The molecule has 0 aromatic heterocycles. The molecule has 3 N–H and O–H groups in total. The summed E-state index contributed by atoms with van der Waals surface area (Å²) in [4.78, 5) is 12.9. The number of urea groups is 1. The van der Waals surface area contributed by atoms with Gasteiger partial charge in [-0.05, 0) is 43.2 Å². The molecule has 6 heteroatoms. The highest BCUT2D eigenvalue weighted by molar-refractivity contribution is 7.98. The van der Waals surface area contributed by atoms with Gasteiger partial charge in [0.05, 0.1) is 11.1 Å². The third-order valence-corrected chi connectivity index (χ3v) is 4.21. The fraction of sp³-hybridized carbons (Fsp3) is 0.533. The summed E-state index contributed by atoms with van der Waals surface area (Å²) < 4.78 is 0. The van der Waals surface area contributed by atoms with Crippen molar-refractivity contribution < 1.29 is 9.90 Å². The van der Waals surface area contributed by atoms with Crippen molar-refractivity contribution in [1.82, 2.24) is 5.32 Å². The molecule has 21 heavy (non-hydrogen) atoms. The van der Waals surface area contributed by atoms with Crippen LogP contribution in [0.3, 0.4) is 0 Å². The van der Waals surface area contributed by atoms with Crippen LogP contribution in [0.5, 0.6) is 0 Å². The van der Waals surface area contributed by atoms with E-state index < -0.39 is 0 Å². The summed E-state index contributed by atoms with van der Waals surface area (Å²) in [5.41, 5.74) is 0.495. The number of thioether (sulfide) groups is 1. The van der Waals surface area contributed by atoms with Crippen molar-refractivity contribution in [1.29, 1.82) is 0 Å². The summed E-state index contributed by atoms with van der Waals surface area (Å²) in [5, 5.41) is 15.6. The van der Waals surface area contributed by atoms with E-state index in [1.54, 1.807) is 24.8 Å². The lowest BCUT2D eigenvalue weighted by Gasteiger charge is -2.26. The van der Waals surface area contributed by atoms with Gasteiger partial charge in [-0.3, -0.25) is 0 Å². The number of rotatable bonds is 6. The van der Waals surface area contributed by atoms with Crippen LogP contribution in [0, 0.1) is 5.41 Å². The van der Waals surface area contributed by atoms with Gasteiger partial charge in [-0.15, -0.1) is 11.8 Å². The molecular weight excluding hydrogens is 308 g/mol. The second kappa shape index (κ2) is 7.92. The molecule has 0 aliphatic heterocycles.